The number of nitrogens with zero attached hydrogens (tertiary/aromatic N) is 3. The highest BCUT2D eigenvalue weighted by atomic mass is 35.5. The first-order valence-electron chi connectivity index (χ1n) is 4.91. The number of carbonyl (C=O) groups is 1. The summed E-state index contributed by atoms with van der Waals surface area (Å²) in [6.45, 7) is -0.135. The number of carbonyl (C=O) groups excluding carboxylic acids is 1. The van der Waals surface area contributed by atoms with Crippen molar-refractivity contribution in [2.45, 2.75) is 12.7 Å². The Kier molecular flexibility index (Phi) is 3.49. The number of rotatable bonds is 4. The Hall–Kier alpha value is -1.75. The SMILES string of the molecule is O=C(Cn1cncn1)C(F)c1ccc(Cl)cc1. The molecule has 0 aliphatic rings. The molecule has 0 bridgehead atoms. The smallest absolute Gasteiger partial charge is 0.192 e. The van der Waals surface area contributed by atoms with Gasteiger partial charge in [0.25, 0.3) is 0 Å². The summed E-state index contributed by atoms with van der Waals surface area (Å²) in [5, 5.41) is 4.25. The molecule has 0 amide bonds. The lowest BCUT2D eigenvalue weighted by Crippen LogP contribution is -2.16. The normalized spacial score (nSPS) is 12.4. The third-order valence-electron chi connectivity index (χ3n) is 2.23. The molecule has 88 valence electrons. The van der Waals surface area contributed by atoms with E-state index in [2.05, 4.69) is 10.1 Å². The molecule has 0 aliphatic carbocycles. The van der Waals surface area contributed by atoms with Gasteiger partial charge >= 0.3 is 0 Å². The third kappa shape index (κ3) is 2.88. The zero-order valence-electron chi connectivity index (χ0n) is 8.75. The second kappa shape index (κ2) is 5.05. The van der Waals surface area contributed by atoms with Gasteiger partial charge in [-0.3, -0.25) is 4.79 Å². The summed E-state index contributed by atoms with van der Waals surface area (Å²) in [4.78, 5) is 15.3. The molecule has 0 saturated heterocycles. The number of hydrogen-bond donors (Lipinski definition) is 0. The van der Waals surface area contributed by atoms with Crippen LogP contribution in [0.1, 0.15) is 11.7 Å². The van der Waals surface area contributed by atoms with Crippen LogP contribution in [0.15, 0.2) is 36.9 Å². The number of benzene rings is 1. The summed E-state index contributed by atoms with van der Waals surface area (Å²) in [5.41, 5.74) is 0.291. The average molecular weight is 254 g/mol. The van der Waals surface area contributed by atoms with E-state index in [-0.39, 0.29) is 6.54 Å². The Morgan fingerprint density at radius 1 is 1.41 bits per heavy atom. The van der Waals surface area contributed by atoms with Gasteiger partial charge in [-0.1, -0.05) is 23.7 Å². The zero-order chi connectivity index (χ0) is 12.3. The molecule has 1 atom stereocenters. The Balaban J connectivity index is 2.07. The van der Waals surface area contributed by atoms with Crippen molar-refractivity contribution in [2.24, 2.45) is 0 Å². The van der Waals surface area contributed by atoms with E-state index < -0.39 is 12.0 Å². The van der Waals surface area contributed by atoms with E-state index in [1.807, 2.05) is 0 Å². The van der Waals surface area contributed by atoms with Crippen molar-refractivity contribution in [3.05, 3.63) is 47.5 Å². The van der Waals surface area contributed by atoms with Gasteiger partial charge in [-0.25, -0.2) is 14.1 Å². The molecule has 4 nitrogen and oxygen atoms in total. The monoisotopic (exact) mass is 253 g/mol. The summed E-state index contributed by atoms with van der Waals surface area (Å²) in [6.07, 6.45) is 0.992. The second-order valence-electron chi connectivity index (χ2n) is 3.47. The van der Waals surface area contributed by atoms with E-state index in [9.17, 15) is 9.18 Å². The van der Waals surface area contributed by atoms with Crippen LogP contribution in [0.25, 0.3) is 0 Å². The topological polar surface area (TPSA) is 47.8 Å². The fraction of sp³-hybridized carbons (Fsp3) is 0.182. The second-order valence-corrected chi connectivity index (χ2v) is 3.91. The standard InChI is InChI=1S/C11H9ClFN3O/c12-9-3-1-8(2-4-9)11(13)10(17)5-16-7-14-6-15-16/h1-4,6-7,11H,5H2. The van der Waals surface area contributed by atoms with Gasteiger partial charge in [-0.2, -0.15) is 5.10 Å². The van der Waals surface area contributed by atoms with Gasteiger partial charge in [0.15, 0.2) is 12.0 Å². The van der Waals surface area contributed by atoms with E-state index in [4.69, 9.17) is 11.6 Å². The van der Waals surface area contributed by atoms with Gasteiger partial charge in [0, 0.05) is 5.02 Å². The number of ketones is 1. The van der Waals surface area contributed by atoms with E-state index in [1.54, 1.807) is 12.1 Å². The molecule has 0 saturated carbocycles. The molecule has 1 heterocycles. The van der Waals surface area contributed by atoms with Gasteiger partial charge in [0.1, 0.15) is 19.2 Å². The molecular formula is C11H9ClFN3O. The Morgan fingerprint density at radius 2 is 2.12 bits per heavy atom. The molecule has 2 rings (SSSR count). The van der Waals surface area contributed by atoms with Crippen LogP contribution >= 0.6 is 11.6 Å². The largest absolute Gasteiger partial charge is 0.294 e. The fourth-order valence-corrected chi connectivity index (χ4v) is 1.50. The molecule has 2 aromatic rings. The average Bonchev–Trinajstić information content (AvgIpc) is 2.82. The number of alkyl halides is 1. The van der Waals surface area contributed by atoms with Crippen molar-refractivity contribution in [1.29, 1.82) is 0 Å². The lowest BCUT2D eigenvalue weighted by atomic mass is 10.1. The van der Waals surface area contributed by atoms with Gasteiger partial charge in [-0.05, 0) is 17.7 Å². The summed E-state index contributed by atoms with van der Waals surface area (Å²) < 4.78 is 15.1. The molecule has 17 heavy (non-hydrogen) atoms. The van der Waals surface area contributed by atoms with Crippen LogP contribution in [-0.2, 0) is 11.3 Å². The van der Waals surface area contributed by atoms with Gasteiger partial charge < -0.3 is 0 Å². The minimum absolute atomic E-state index is 0.135. The molecule has 0 aliphatic heterocycles. The predicted octanol–water partition coefficient (Wildman–Crippen LogP) is 2.21. The van der Waals surface area contributed by atoms with Gasteiger partial charge in [0.2, 0.25) is 0 Å². The first-order valence-corrected chi connectivity index (χ1v) is 5.29. The number of hydrogen-bond acceptors (Lipinski definition) is 3. The molecule has 0 radical (unpaired) electrons. The summed E-state index contributed by atoms with van der Waals surface area (Å²) >= 11 is 5.68. The van der Waals surface area contributed by atoms with Crippen molar-refractivity contribution in [3.8, 4) is 0 Å². The van der Waals surface area contributed by atoms with Crippen LogP contribution in [0.3, 0.4) is 0 Å². The van der Waals surface area contributed by atoms with Crippen molar-refractivity contribution < 1.29 is 9.18 Å². The summed E-state index contributed by atoms with van der Waals surface area (Å²) in [7, 11) is 0. The first-order chi connectivity index (χ1) is 8.16. The minimum atomic E-state index is -1.67. The Morgan fingerprint density at radius 3 is 2.71 bits per heavy atom. The van der Waals surface area contributed by atoms with Crippen molar-refractivity contribution in [2.75, 3.05) is 0 Å². The molecular weight excluding hydrogens is 245 g/mol. The van der Waals surface area contributed by atoms with Crippen LogP contribution < -0.4 is 0 Å². The van der Waals surface area contributed by atoms with E-state index in [0.29, 0.717) is 10.6 Å². The van der Waals surface area contributed by atoms with Crippen molar-refractivity contribution in [3.63, 3.8) is 0 Å². The highest BCUT2D eigenvalue weighted by molar-refractivity contribution is 6.30. The lowest BCUT2D eigenvalue weighted by molar-refractivity contribution is -0.124. The lowest BCUT2D eigenvalue weighted by Gasteiger charge is -2.07. The number of Topliss-reactive ketones (excluding diaryl/α,β-unsaturated/α-hetero) is 1. The van der Waals surface area contributed by atoms with Crippen molar-refractivity contribution >= 4 is 17.4 Å². The molecule has 6 heteroatoms. The van der Waals surface area contributed by atoms with E-state index in [0.717, 1.165) is 0 Å². The molecule has 1 aromatic heterocycles. The highest BCUT2D eigenvalue weighted by Crippen LogP contribution is 2.21. The zero-order valence-corrected chi connectivity index (χ0v) is 9.51. The van der Waals surface area contributed by atoms with Crippen LogP contribution in [0.4, 0.5) is 4.39 Å². The van der Waals surface area contributed by atoms with Gasteiger partial charge in [0.05, 0.1) is 0 Å². The van der Waals surface area contributed by atoms with E-state index >= 15 is 0 Å². The number of aromatic nitrogens is 3. The Labute approximate surface area is 102 Å². The number of halogens is 2. The van der Waals surface area contributed by atoms with Crippen LogP contribution in [0.5, 0.6) is 0 Å². The van der Waals surface area contributed by atoms with Crippen LogP contribution in [0, 0.1) is 0 Å². The summed E-state index contributed by atoms with van der Waals surface area (Å²) in [6, 6.07) is 6.08. The van der Waals surface area contributed by atoms with Crippen LogP contribution in [-0.4, -0.2) is 20.5 Å². The maximum atomic E-state index is 13.8. The van der Waals surface area contributed by atoms with Gasteiger partial charge in [-0.15, -0.1) is 0 Å². The van der Waals surface area contributed by atoms with Crippen molar-refractivity contribution in [1.82, 2.24) is 14.8 Å². The maximum Gasteiger partial charge on any atom is 0.192 e. The first kappa shape index (κ1) is 11.7. The highest BCUT2D eigenvalue weighted by Gasteiger charge is 2.19. The summed E-state index contributed by atoms with van der Waals surface area (Å²) in [5.74, 6) is -0.571. The molecule has 0 N–H and O–H groups in total. The van der Waals surface area contributed by atoms with E-state index in [1.165, 1.54) is 29.5 Å². The molecule has 1 aromatic carbocycles. The predicted molar refractivity (Wildman–Crippen MR) is 60.3 cm³/mol. The molecule has 0 spiro atoms. The third-order valence-corrected chi connectivity index (χ3v) is 2.48. The fourth-order valence-electron chi connectivity index (χ4n) is 1.37. The minimum Gasteiger partial charge on any atom is -0.294 e. The Bertz CT molecular complexity index is 498. The quantitative estimate of drug-likeness (QED) is 0.839. The van der Waals surface area contributed by atoms with Crippen LogP contribution in [0.2, 0.25) is 5.02 Å². The molecule has 0 fully saturated rings. The maximum absolute atomic E-state index is 13.8. The molecule has 1 unspecified atom stereocenters.